The van der Waals surface area contributed by atoms with E-state index in [9.17, 15) is 13.5 Å². The number of benzene rings is 1. The van der Waals surface area contributed by atoms with Gasteiger partial charge >= 0.3 is 0 Å². The van der Waals surface area contributed by atoms with Gasteiger partial charge in [0.25, 0.3) is 0 Å². The summed E-state index contributed by atoms with van der Waals surface area (Å²) >= 11 is 0. The molecular formula is C15H18N4O3S. The number of fused-ring (bicyclic) bond motifs is 1. The predicted molar refractivity (Wildman–Crippen MR) is 86.3 cm³/mol. The van der Waals surface area contributed by atoms with Crippen molar-refractivity contribution in [1.29, 1.82) is 0 Å². The van der Waals surface area contributed by atoms with E-state index in [0.29, 0.717) is 5.56 Å². The molecule has 0 saturated heterocycles. The lowest BCUT2D eigenvalue weighted by molar-refractivity contribution is 0.182. The molecule has 3 rings (SSSR count). The van der Waals surface area contributed by atoms with Crippen molar-refractivity contribution in [1.82, 2.24) is 19.1 Å². The summed E-state index contributed by atoms with van der Waals surface area (Å²) < 4.78 is 30.0. The summed E-state index contributed by atoms with van der Waals surface area (Å²) in [5.74, 6) is 0. The maximum Gasteiger partial charge on any atom is 0.243 e. The largest absolute Gasteiger partial charge is 0.387 e. The first-order valence-electron chi connectivity index (χ1n) is 7.08. The van der Waals surface area contributed by atoms with Crippen molar-refractivity contribution in [2.24, 2.45) is 14.1 Å². The number of aryl methyl sites for hydroxylation is 2. The average molecular weight is 334 g/mol. The molecule has 0 unspecified atom stereocenters. The van der Waals surface area contributed by atoms with Gasteiger partial charge < -0.3 is 9.67 Å². The molecule has 0 bridgehead atoms. The zero-order chi connectivity index (χ0) is 16.6. The molecule has 0 aliphatic heterocycles. The van der Waals surface area contributed by atoms with E-state index < -0.39 is 16.1 Å². The Labute approximate surface area is 134 Å². The normalized spacial score (nSPS) is 13.5. The lowest BCUT2D eigenvalue weighted by atomic mass is 10.1. The predicted octanol–water partition coefficient (Wildman–Crippen LogP) is 0.924. The van der Waals surface area contributed by atoms with E-state index >= 15 is 0 Å². The zero-order valence-corrected chi connectivity index (χ0v) is 13.7. The molecule has 23 heavy (non-hydrogen) atoms. The minimum absolute atomic E-state index is 0.0747. The van der Waals surface area contributed by atoms with Gasteiger partial charge in [-0.15, -0.1) is 0 Å². The first kappa shape index (κ1) is 15.7. The summed E-state index contributed by atoms with van der Waals surface area (Å²) in [5, 5.41) is 15.1. The van der Waals surface area contributed by atoms with Crippen molar-refractivity contribution < 1.29 is 13.5 Å². The minimum atomic E-state index is -3.68. The molecule has 0 saturated carbocycles. The highest BCUT2D eigenvalue weighted by atomic mass is 32.2. The van der Waals surface area contributed by atoms with Gasteiger partial charge in [0.05, 0.1) is 12.3 Å². The highest BCUT2D eigenvalue weighted by Gasteiger charge is 2.18. The van der Waals surface area contributed by atoms with Crippen LogP contribution in [0.4, 0.5) is 0 Å². The number of rotatable bonds is 5. The third-order valence-corrected chi connectivity index (χ3v) is 5.13. The molecule has 0 radical (unpaired) electrons. The molecule has 1 aromatic carbocycles. The molecule has 122 valence electrons. The first-order valence-corrected chi connectivity index (χ1v) is 8.56. The van der Waals surface area contributed by atoms with Crippen LogP contribution < -0.4 is 4.72 Å². The Morgan fingerprint density at radius 1 is 1.30 bits per heavy atom. The van der Waals surface area contributed by atoms with Crippen molar-refractivity contribution in [3.63, 3.8) is 0 Å². The summed E-state index contributed by atoms with van der Waals surface area (Å²) in [6, 6.07) is 7.51. The van der Waals surface area contributed by atoms with Crippen molar-refractivity contribution in [2.45, 2.75) is 11.0 Å². The topological polar surface area (TPSA) is 89.1 Å². The third kappa shape index (κ3) is 3.14. The SMILES string of the molecule is Cn1cc(S(=O)(=O)NC[C@H](O)c2ccc3c(ccn3C)c2)cn1. The summed E-state index contributed by atoms with van der Waals surface area (Å²) in [4.78, 5) is 0.0747. The van der Waals surface area contributed by atoms with Gasteiger partial charge in [0, 0.05) is 38.6 Å². The van der Waals surface area contributed by atoms with Crippen LogP contribution in [-0.2, 0) is 24.1 Å². The van der Waals surface area contributed by atoms with Crippen LogP contribution in [0.1, 0.15) is 11.7 Å². The summed E-state index contributed by atoms with van der Waals surface area (Å²) in [7, 11) is -0.0916. The highest BCUT2D eigenvalue weighted by Crippen LogP contribution is 2.21. The van der Waals surface area contributed by atoms with Gasteiger partial charge in [0.1, 0.15) is 4.90 Å². The molecule has 2 heterocycles. The van der Waals surface area contributed by atoms with Gasteiger partial charge in [0.2, 0.25) is 10.0 Å². The van der Waals surface area contributed by atoms with E-state index in [1.54, 1.807) is 13.1 Å². The second kappa shape index (κ2) is 5.80. The molecule has 0 aliphatic rings. The van der Waals surface area contributed by atoms with Crippen LogP contribution in [0.5, 0.6) is 0 Å². The van der Waals surface area contributed by atoms with Crippen LogP contribution in [0.25, 0.3) is 10.9 Å². The standard InChI is InChI=1S/C15H18N4O3S/c1-18-6-5-11-7-12(3-4-14(11)18)15(20)9-17-23(21,22)13-8-16-19(2)10-13/h3-8,10,15,17,20H,9H2,1-2H3/t15-/m0/s1. The molecule has 1 atom stereocenters. The average Bonchev–Trinajstić information content (AvgIpc) is 3.12. The van der Waals surface area contributed by atoms with Crippen LogP contribution in [0, 0.1) is 0 Å². The van der Waals surface area contributed by atoms with Crippen LogP contribution in [0.3, 0.4) is 0 Å². The minimum Gasteiger partial charge on any atom is -0.387 e. The molecule has 0 fully saturated rings. The van der Waals surface area contributed by atoms with Crippen LogP contribution in [0.15, 0.2) is 47.8 Å². The molecule has 2 aromatic heterocycles. The number of hydrogen-bond acceptors (Lipinski definition) is 4. The fourth-order valence-corrected chi connectivity index (χ4v) is 3.46. The number of aliphatic hydroxyl groups excluding tert-OH is 1. The van der Waals surface area contributed by atoms with E-state index in [0.717, 1.165) is 10.9 Å². The second-order valence-corrected chi connectivity index (χ2v) is 7.23. The first-order chi connectivity index (χ1) is 10.9. The Bertz CT molecular complexity index is 943. The Kier molecular flexibility index (Phi) is 3.97. The van der Waals surface area contributed by atoms with E-state index in [1.165, 1.54) is 17.1 Å². The van der Waals surface area contributed by atoms with Crippen molar-refractivity contribution >= 4 is 20.9 Å². The number of sulfonamides is 1. The van der Waals surface area contributed by atoms with Crippen LogP contribution >= 0.6 is 0 Å². The van der Waals surface area contributed by atoms with Gasteiger partial charge in [-0.25, -0.2) is 13.1 Å². The van der Waals surface area contributed by atoms with Crippen molar-refractivity contribution in [2.75, 3.05) is 6.54 Å². The zero-order valence-electron chi connectivity index (χ0n) is 12.8. The van der Waals surface area contributed by atoms with Gasteiger partial charge in [-0.1, -0.05) is 6.07 Å². The molecule has 7 nitrogen and oxygen atoms in total. The van der Waals surface area contributed by atoms with Crippen LogP contribution in [0.2, 0.25) is 0 Å². The molecule has 0 amide bonds. The Morgan fingerprint density at radius 2 is 2.09 bits per heavy atom. The quantitative estimate of drug-likeness (QED) is 0.726. The number of hydrogen-bond donors (Lipinski definition) is 2. The number of aromatic nitrogens is 3. The Hall–Kier alpha value is -2.16. The molecule has 8 heteroatoms. The fourth-order valence-electron chi connectivity index (χ4n) is 2.43. The number of aliphatic hydroxyl groups is 1. The van der Waals surface area contributed by atoms with Crippen molar-refractivity contribution in [3.8, 4) is 0 Å². The highest BCUT2D eigenvalue weighted by molar-refractivity contribution is 7.89. The van der Waals surface area contributed by atoms with Gasteiger partial charge in [-0.2, -0.15) is 5.10 Å². The molecular weight excluding hydrogens is 316 g/mol. The smallest absolute Gasteiger partial charge is 0.243 e. The Morgan fingerprint density at radius 3 is 2.78 bits per heavy atom. The van der Waals surface area contributed by atoms with Crippen molar-refractivity contribution in [3.05, 3.63) is 48.4 Å². The molecule has 2 N–H and O–H groups in total. The fraction of sp³-hybridized carbons (Fsp3) is 0.267. The molecule has 0 spiro atoms. The van der Waals surface area contributed by atoms with Gasteiger partial charge in [-0.3, -0.25) is 4.68 Å². The maximum absolute atomic E-state index is 12.1. The second-order valence-electron chi connectivity index (χ2n) is 5.46. The number of nitrogens with one attached hydrogen (secondary N) is 1. The summed E-state index contributed by atoms with van der Waals surface area (Å²) in [6.07, 6.45) is 3.69. The lowest BCUT2D eigenvalue weighted by Gasteiger charge is -2.12. The summed E-state index contributed by atoms with van der Waals surface area (Å²) in [6.45, 7) is -0.102. The van der Waals surface area contributed by atoms with Gasteiger partial charge in [0.15, 0.2) is 0 Å². The molecule has 0 aliphatic carbocycles. The third-order valence-electron chi connectivity index (χ3n) is 3.75. The monoisotopic (exact) mass is 334 g/mol. The lowest BCUT2D eigenvalue weighted by Crippen LogP contribution is -2.28. The van der Waals surface area contributed by atoms with Gasteiger partial charge in [-0.05, 0) is 29.1 Å². The van der Waals surface area contributed by atoms with E-state index in [1.807, 2.05) is 36.0 Å². The van der Waals surface area contributed by atoms with E-state index in [2.05, 4.69) is 9.82 Å². The maximum atomic E-state index is 12.1. The molecule has 3 aromatic rings. The summed E-state index contributed by atoms with van der Waals surface area (Å²) in [5.41, 5.74) is 1.72. The van der Waals surface area contributed by atoms with E-state index in [-0.39, 0.29) is 11.4 Å². The van der Waals surface area contributed by atoms with E-state index in [4.69, 9.17) is 0 Å². The van der Waals surface area contributed by atoms with Crippen LogP contribution in [-0.4, -0.2) is 34.4 Å². The number of nitrogens with zero attached hydrogens (tertiary/aromatic N) is 3. The Balaban J connectivity index is 1.74.